The van der Waals surface area contributed by atoms with E-state index in [0.717, 1.165) is 5.56 Å². The lowest BCUT2D eigenvalue weighted by Crippen LogP contribution is -2.38. The lowest BCUT2D eigenvalue weighted by Gasteiger charge is -2.30. The summed E-state index contributed by atoms with van der Waals surface area (Å²) in [5.74, 6) is 0.0209. The van der Waals surface area contributed by atoms with Gasteiger partial charge >= 0.3 is 0 Å². The number of carbonyl (C=O) groups is 1. The molecule has 102 valence electrons. The molecule has 1 heterocycles. The fourth-order valence-electron chi connectivity index (χ4n) is 2.26. The fraction of sp³-hybridized carbons (Fsp3) is 0.429. The van der Waals surface area contributed by atoms with Crippen LogP contribution < -0.4 is 5.73 Å². The molecule has 0 fully saturated rings. The Bertz CT molecular complexity index is 542. The number of amidine groups is 1. The molecule has 4 nitrogen and oxygen atoms in total. The predicted octanol–water partition coefficient (Wildman–Crippen LogP) is 1.56. The highest BCUT2D eigenvalue weighted by molar-refractivity contribution is 5.82. The first-order chi connectivity index (χ1) is 8.90. The molecular weight excluding hydrogens is 247 g/mol. The Morgan fingerprint density at radius 2 is 2.32 bits per heavy atom. The molecule has 5 heteroatoms. The number of rotatable bonds is 3. The molecule has 1 aliphatic heterocycles. The van der Waals surface area contributed by atoms with Crippen molar-refractivity contribution < 1.29 is 13.9 Å². The van der Waals surface area contributed by atoms with E-state index in [1.807, 2.05) is 0 Å². The molecule has 0 radical (unpaired) electrons. The number of aliphatic imine (C=N–C) groups is 1. The summed E-state index contributed by atoms with van der Waals surface area (Å²) in [7, 11) is 0. The summed E-state index contributed by atoms with van der Waals surface area (Å²) < 4.78 is 19.4. The number of nitrogens with two attached hydrogens (primary N) is 1. The Kier molecular flexibility index (Phi) is 3.66. The van der Waals surface area contributed by atoms with Crippen LogP contribution in [0.4, 0.5) is 4.39 Å². The monoisotopic (exact) mass is 264 g/mol. The van der Waals surface area contributed by atoms with E-state index >= 15 is 0 Å². The van der Waals surface area contributed by atoms with Crippen LogP contribution in [0.15, 0.2) is 23.2 Å². The van der Waals surface area contributed by atoms with Crippen LogP contribution in [-0.2, 0) is 21.5 Å². The van der Waals surface area contributed by atoms with Crippen LogP contribution in [-0.4, -0.2) is 24.8 Å². The molecule has 0 bridgehead atoms. The standard InChI is InChI=1S/C14H17FN2O2/c1-9(18)5-10-3-4-12(15)11(6-10)14(2)8-19-7-13(16)17-14/h3-4,6H,5,7-8H2,1-2H3,(H2,16,17)/t14-/m0/s1. The van der Waals surface area contributed by atoms with Gasteiger partial charge in [-0.1, -0.05) is 6.07 Å². The summed E-state index contributed by atoms with van der Waals surface area (Å²) >= 11 is 0. The van der Waals surface area contributed by atoms with Gasteiger partial charge in [0.15, 0.2) is 0 Å². The van der Waals surface area contributed by atoms with E-state index in [4.69, 9.17) is 10.5 Å². The van der Waals surface area contributed by atoms with Crippen molar-refractivity contribution in [1.29, 1.82) is 0 Å². The summed E-state index contributed by atoms with van der Waals surface area (Å²) in [5.41, 5.74) is 6.01. The number of nitrogens with zero attached hydrogens (tertiary/aromatic N) is 1. The first kappa shape index (κ1) is 13.7. The SMILES string of the molecule is CC(=O)Cc1ccc(F)c([C@]2(C)COCC(N)=N2)c1. The zero-order chi connectivity index (χ0) is 14.0. The molecule has 0 amide bonds. The van der Waals surface area contributed by atoms with Gasteiger partial charge in [0.2, 0.25) is 0 Å². The quantitative estimate of drug-likeness (QED) is 0.901. The number of hydrogen-bond acceptors (Lipinski definition) is 4. The third kappa shape index (κ3) is 2.98. The van der Waals surface area contributed by atoms with Gasteiger partial charge in [-0.2, -0.15) is 0 Å². The fourth-order valence-corrected chi connectivity index (χ4v) is 2.26. The Hall–Kier alpha value is -1.75. The number of ketones is 1. The second kappa shape index (κ2) is 5.09. The van der Waals surface area contributed by atoms with Crippen molar-refractivity contribution in [2.75, 3.05) is 13.2 Å². The minimum atomic E-state index is -0.834. The van der Waals surface area contributed by atoms with E-state index < -0.39 is 5.54 Å². The van der Waals surface area contributed by atoms with Crippen LogP contribution in [0.3, 0.4) is 0 Å². The first-order valence-corrected chi connectivity index (χ1v) is 6.11. The van der Waals surface area contributed by atoms with Gasteiger partial charge in [0, 0.05) is 12.0 Å². The predicted molar refractivity (Wildman–Crippen MR) is 70.6 cm³/mol. The number of hydrogen-bond donors (Lipinski definition) is 1. The van der Waals surface area contributed by atoms with Crippen LogP contribution >= 0.6 is 0 Å². The van der Waals surface area contributed by atoms with Crippen LogP contribution in [0.2, 0.25) is 0 Å². The maximum Gasteiger partial charge on any atom is 0.134 e. The van der Waals surface area contributed by atoms with Gasteiger partial charge < -0.3 is 10.5 Å². The van der Waals surface area contributed by atoms with E-state index in [1.165, 1.54) is 13.0 Å². The van der Waals surface area contributed by atoms with Gasteiger partial charge in [-0.25, -0.2) is 4.39 Å². The minimum absolute atomic E-state index is 0.0330. The van der Waals surface area contributed by atoms with Crippen molar-refractivity contribution in [1.82, 2.24) is 0 Å². The van der Waals surface area contributed by atoms with Crippen molar-refractivity contribution >= 4 is 11.6 Å². The lowest BCUT2D eigenvalue weighted by molar-refractivity contribution is -0.116. The maximum absolute atomic E-state index is 14.0. The topological polar surface area (TPSA) is 64.7 Å². The highest BCUT2D eigenvalue weighted by Gasteiger charge is 2.32. The molecule has 19 heavy (non-hydrogen) atoms. The summed E-state index contributed by atoms with van der Waals surface area (Å²) in [4.78, 5) is 15.5. The second-order valence-electron chi connectivity index (χ2n) is 5.06. The normalized spacial score (nSPS) is 23.0. The van der Waals surface area contributed by atoms with Crippen LogP contribution in [0, 0.1) is 5.82 Å². The Morgan fingerprint density at radius 1 is 1.58 bits per heavy atom. The van der Waals surface area contributed by atoms with Gasteiger partial charge in [-0.05, 0) is 31.5 Å². The Labute approximate surface area is 111 Å². The van der Waals surface area contributed by atoms with Gasteiger partial charge in [0.1, 0.15) is 29.6 Å². The highest BCUT2D eigenvalue weighted by atomic mass is 19.1. The van der Waals surface area contributed by atoms with Gasteiger partial charge in [-0.3, -0.25) is 9.79 Å². The third-order valence-corrected chi connectivity index (χ3v) is 3.09. The van der Waals surface area contributed by atoms with E-state index in [1.54, 1.807) is 19.1 Å². The van der Waals surface area contributed by atoms with Gasteiger partial charge in [-0.15, -0.1) is 0 Å². The summed E-state index contributed by atoms with van der Waals surface area (Å²) in [6, 6.07) is 4.64. The van der Waals surface area contributed by atoms with Crippen molar-refractivity contribution in [3.8, 4) is 0 Å². The van der Waals surface area contributed by atoms with Gasteiger partial charge in [0.25, 0.3) is 0 Å². The number of carbonyl (C=O) groups excluding carboxylic acids is 1. The molecule has 2 N–H and O–H groups in total. The molecule has 2 rings (SSSR count). The molecule has 1 aromatic rings. The summed E-state index contributed by atoms with van der Waals surface area (Å²) in [5, 5.41) is 0. The van der Waals surface area contributed by atoms with Crippen molar-refractivity contribution in [2.24, 2.45) is 10.7 Å². The highest BCUT2D eigenvalue weighted by Crippen LogP contribution is 2.31. The molecule has 1 aromatic carbocycles. The average Bonchev–Trinajstić information content (AvgIpc) is 2.30. The minimum Gasteiger partial charge on any atom is -0.386 e. The molecule has 0 aromatic heterocycles. The zero-order valence-electron chi connectivity index (χ0n) is 11.1. The molecule has 0 spiro atoms. The molecule has 0 aliphatic carbocycles. The van der Waals surface area contributed by atoms with Crippen LogP contribution in [0.1, 0.15) is 25.0 Å². The number of Topliss-reactive ketones (excluding diaryl/α,β-unsaturated/α-hetero) is 1. The zero-order valence-corrected chi connectivity index (χ0v) is 11.1. The molecule has 0 saturated heterocycles. The molecule has 0 saturated carbocycles. The van der Waals surface area contributed by atoms with E-state index in [2.05, 4.69) is 4.99 Å². The number of halogens is 1. The van der Waals surface area contributed by atoms with Crippen molar-refractivity contribution in [3.05, 3.63) is 35.1 Å². The van der Waals surface area contributed by atoms with Crippen LogP contribution in [0.25, 0.3) is 0 Å². The van der Waals surface area contributed by atoms with E-state index in [-0.39, 0.29) is 31.2 Å². The average molecular weight is 264 g/mol. The Balaban J connectivity index is 2.43. The molecule has 1 atom stereocenters. The van der Waals surface area contributed by atoms with E-state index in [9.17, 15) is 9.18 Å². The Morgan fingerprint density at radius 3 is 2.95 bits per heavy atom. The molecule has 0 unspecified atom stereocenters. The number of benzene rings is 1. The van der Waals surface area contributed by atoms with Crippen molar-refractivity contribution in [3.63, 3.8) is 0 Å². The van der Waals surface area contributed by atoms with E-state index in [0.29, 0.717) is 11.4 Å². The summed E-state index contributed by atoms with van der Waals surface area (Å²) in [6.45, 7) is 3.82. The maximum atomic E-state index is 14.0. The number of ether oxygens (including phenoxy) is 1. The largest absolute Gasteiger partial charge is 0.386 e. The van der Waals surface area contributed by atoms with Crippen LogP contribution in [0.5, 0.6) is 0 Å². The smallest absolute Gasteiger partial charge is 0.134 e. The third-order valence-electron chi connectivity index (χ3n) is 3.09. The molecule has 1 aliphatic rings. The lowest BCUT2D eigenvalue weighted by atomic mass is 9.90. The first-order valence-electron chi connectivity index (χ1n) is 6.11. The van der Waals surface area contributed by atoms with Crippen molar-refractivity contribution in [2.45, 2.75) is 25.8 Å². The second-order valence-corrected chi connectivity index (χ2v) is 5.06. The summed E-state index contributed by atoms with van der Waals surface area (Å²) in [6.07, 6.45) is 0.281. The van der Waals surface area contributed by atoms with Gasteiger partial charge in [0.05, 0.1) is 6.61 Å². The molecular formula is C14H17FN2O2.